The van der Waals surface area contributed by atoms with Crippen molar-refractivity contribution >= 4 is 0 Å². The number of methoxy groups -OCH3 is 1. The molecule has 0 aromatic carbocycles. The number of morpholine rings is 1. The average Bonchev–Trinajstić information content (AvgIpc) is 2.75. The van der Waals surface area contributed by atoms with E-state index in [4.69, 9.17) is 9.47 Å². The van der Waals surface area contributed by atoms with E-state index in [0.717, 1.165) is 31.9 Å². The van der Waals surface area contributed by atoms with Crippen LogP contribution in [-0.4, -0.2) is 43.0 Å². The van der Waals surface area contributed by atoms with Gasteiger partial charge in [0.15, 0.2) is 0 Å². The van der Waals surface area contributed by atoms with Crippen LogP contribution in [0.5, 0.6) is 0 Å². The number of aromatic nitrogens is 2. The van der Waals surface area contributed by atoms with Gasteiger partial charge in [-0.2, -0.15) is 0 Å². The van der Waals surface area contributed by atoms with Gasteiger partial charge in [-0.25, -0.2) is 4.98 Å². The number of imidazole rings is 1. The SMILES string of the molecule is COCCn1cncc1C1CNCCO1. The van der Waals surface area contributed by atoms with E-state index in [-0.39, 0.29) is 6.10 Å². The first kappa shape index (κ1) is 10.6. The zero-order chi connectivity index (χ0) is 10.5. The van der Waals surface area contributed by atoms with Crippen LogP contribution in [0.3, 0.4) is 0 Å². The lowest BCUT2D eigenvalue weighted by Crippen LogP contribution is -2.34. The Hall–Kier alpha value is -0.910. The van der Waals surface area contributed by atoms with E-state index in [1.807, 2.05) is 12.5 Å². The third-order valence-electron chi connectivity index (χ3n) is 2.54. The molecule has 1 aromatic rings. The normalized spacial score (nSPS) is 21.8. The molecule has 1 aromatic heterocycles. The standard InChI is InChI=1S/C10H17N3O2/c1-14-5-3-13-8-12-6-9(13)10-7-11-2-4-15-10/h6,8,10-11H,2-5,7H2,1H3. The molecule has 0 amide bonds. The zero-order valence-corrected chi connectivity index (χ0v) is 8.98. The summed E-state index contributed by atoms with van der Waals surface area (Å²) in [5.41, 5.74) is 1.12. The largest absolute Gasteiger partial charge is 0.383 e. The summed E-state index contributed by atoms with van der Waals surface area (Å²) < 4.78 is 12.8. The van der Waals surface area contributed by atoms with Gasteiger partial charge in [-0.05, 0) is 0 Å². The molecule has 1 aliphatic rings. The monoisotopic (exact) mass is 211 g/mol. The van der Waals surface area contributed by atoms with Crippen LogP contribution in [0.25, 0.3) is 0 Å². The van der Waals surface area contributed by atoms with E-state index in [1.54, 1.807) is 7.11 Å². The Morgan fingerprint density at radius 1 is 1.73 bits per heavy atom. The van der Waals surface area contributed by atoms with E-state index < -0.39 is 0 Å². The molecular formula is C10H17N3O2. The Morgan fingerprint density at radius 2 is 2.67 bits per heavy atom. The molecule has 1 atom stereocenters. The summed E-state index contributed by atoms with van der Waals surface area (Å²) in [7, 11) is 1.70. The second-order valence-electron chi connectivity index (χ2n) is 3.57. The summed E-state index contributed by atoms with van der Waals surface area (Å²) >= 11 is 0. The topological polar surface area (TPSA) is 48.3 Å². The molecule has 84 valence electrons. The van der Waals surface area contributed by atoms with Crippen LogP contribution in [0.1, 0.15) is 11.8 Å². The van der Waals surface area contributed by atoms with Crippen molar-refractivity contribution in [3.63, 3.8) is 0 Å². The molecule has 0 aliphatic carbocycles. The highest BCUT2D eigenvalue weighted by Crippen LogP contribution is 2.17. The lowest BCUT2D eigenvalue weighted by atomic mass is 10.2. The molecule has 5 nitrogen and oxygen atoms in total. The summed E-state index contributed by atoms with van der Waals surface area (Å²) in [6.07, 6.45) is 3.82. The molecule has 1 saturated heterocycles. The minimum absolute atomic E-state index is 0.123. The number of hydrogen-bond acceptors (Lipinski definition) is 4. The molecule has 2 rings (SSSR count). The summed E-state index contributed by atoms with van der Waals surface area (Å²) in [5, 5.41) is 3.31. The van der Waals surface area contributed by atoms with Crippen LogP contribution in [-0.2, 0) is 16.0 Å². The van der Waals surface area contributed by atoms with Crippen molar-refractivity contribution in [3.8, 4) is 0 Å². The maximum absolute atomic E-state index is 5.68. The average molecular weight is 211 g/mol. The molecule has 1 aliphatic heterocycles. The van der Waals surface area contributed by atoms with Gasteiger partial charge in [-0.3, -0.25) is 0 Å². The Morgan fingerprint density at radius 3 is 3.40 bits per heavy atom. The molecule has 15 heavy (non-hydrogen) atoms. The van der Waals surface area contributed by atoms with Gasteiger partial charge in [0.1, 0.15) is 6.10 Å². The zero-order valence-electron chi connectivity index (χ0n) is 8.98. The lowest BCUT2D eigenvalue weighted by Gasteiger charge is -2.24. The lowest BCUT2D eigenvalue weighted by molar-refractivity contribution is 0.0221. The molecule has 1 unspecified atom stereocenters. The third-order valence-corrected chi connectivity index (χ3v) is 2.54. The number of ether oxygens (including phenoxy) is 2. The molecule has 1 fully saturated rings. The second-order valence-corrected chi connectivity index (χ2v) is 3.57. The van der Waals surface area contributed by atoms with Crippen molar-refractivity contribution < 1.29 is 9.47 Å². The maximum atomic E-state index is 5.68. The molecular weight excluding hydrogens is 194 g/mol. The van der Waals surface area contributed by atoms with Gasteiger partial charge in [0.2, 0.25) is 0 Å². The van der Waals surface area contributed by atoms with Crippen molar-refractivity contribution in [2.24, 2.45) is 0 Å². The van der Waals surface area contributed by atoms with Crippen LogP contribution < -0.4 is 5.32 Å². The minimum Gasteiger partial charge on any atom is -0.383 e. The molecule has 0 bridgehead atoms. The smallest absolute Gasteiger partial charge is 0.111 e. The Labute approximate surface area is 89.4 Å². The van der Waals surface area contributed by atoms with E-state index in [1.165, 1.54) is 0 Å². The van der Waals surface area contributed by atoms with Gasteiger partial charge < -0.3 is 19.4 Å². The summed E-state index contributed by atoms with van der Waals surface area (Å²) in [6, 6.07) is 0. The van der Waals surface area contributed by atoms with Gasteiger partial charge in [-0.1, -0.05) is 0 Å². The maximum Gasteiger partial charge on any atom is 0.111 e. The summed E-state index contributed by atoms with van der Waals surface area (Å²) in [5.74, 6) is 0. The van der Waals surface area contributed by atoms with Crippen LogP contribution in [0, 0.1) is 0 Å². The number of nitrogens with zero attached hydrogens (tertiary/aromatic N) is 2. The first-order valence-electron chi connectivity index (χ1n) is 5.23. The molecule has 2 heterocycles. The van der Waals surface area contributed by atoms with Gasteiger partial charge in [0.05, 0.1) is 31.4 Å². The van der Waals surface area contributed by atoms with Crippen molar-refractivity contribution in [2.75, 3.05) is 33.4 Å². The quantitative estimate of drug-likeness (QED) is 0.772. The van der Waals surface area contributed by atoms with E-state index in [2.05, 4.69) is 14.9 Å². The van der Waals surface area contributed by atoms with E-state index in [0.29, 0.717) is 6.61 Å². The van der Waals surface area contributed by atoms with Crippen LogP contribution in [0.15, 0.2) is 12.5 Å². The second kappa shape index (κ2) is 5.25. The summed E-state index contributed by atoms with van der Waals surface area (Å²) in [6.45, 7) is 4.08. The first-order valence-corrected chi connectivity index (χ1v) is 5.23. The Bertz CT molecular complexity index is 295. The highest BCUT2D eigenvalue weighted by molar-refractivity contribution is 5.04. The molecule has 0 spiro atoms. The highest BCUT2D eigenvalue weighted by atomic mass is 16.5. The van der Waals surface area contributed by atoms with Gasteiger partial charge in [0, 0.05) is 26.7 Å². The Balaban J connectivity index is 2.02. The van der Waals surface area contributed by atoms with Gasteiger partial charge >= 0.3 is 0 Å². The fourth-order valence-electron chi connectivity index (χ4n) is 1.73. The number of nitrogens with one attached hydrogen (secondary N) is 1. The highest BCUT2D eigenvalue weighted by Gasteiger charge is 2.18. The predicted molar refractivity (Wildman–Crippen MR) is 55.7 cm³/mol. The molecule has 1 N–H and O–H groups in total. The fraction of sp³-hybridized carbons (Fsp3) is 0.700. The molecule has 0 saturated carbocycles. The fourth-order valence-corrected chi connectivity index (χ4v) is 1.73. The summed E-state index contributed by atoms with van der Waals surface area (Å²) in [4.78, 5) is 4.15. The van der Waals surface area contributed by atoms with Gasteiger partial charge in [-0.15, -0.1) is 0 Å². The van der Waals surface area contributed by atoms with E-state index in [9.17, 15) is 0 Å². The van der Waals surface area contributed by atoms with E-state index >= 15 is 0 Å². The predicted octanol–water partition coefficient (Wildman–Crippen LogP) is 0.190. The Kier molecular flexibility index (Phi) is 3.71. The van der Waals surface area contributed by atoms with Crippen LogP contribution >= 0.6 is 0 Å². The van der Waals surface area contributed by atoms with Crippen LogP contribution in [0.2, 0.25) is 0 Å². The third kappa shape index (κ3) is 2.56. The minimum atomic E-state index is 0.123. The first-order chi connectivity index (χ1) is 7.42. The molecule has 5 heteroatoms. The molecule has 0 radical (unpaired) electrons. The van der Waals surface area contributed by atoms with Crippen molar-refractivity contribution in [2.45, 2.75) is 12.6 Å². The number of hydrogen-bond donors (Lipinski definition) is 1. The van der Waals surface area contributed by atoms with Gasteiger partial charge in [0.25, 0.3) is 0 Å². The number of rotatable bonds is 4. The van der Waals surface area contributed by atoms with Crippen molar-refractivity contribution in [1.82, 2.24) is 14.9 Å². The van der Waals surface area contributed by atoms with Crippen LogP contribution in [0.4, 0.5) is 0 Å². The van der Waals surface area contributed by atoms with Crippen molar-refractivity contribution in [3.05, 3.63) is 18.2 Å². The van der Waals surface area contributed by atoms with Crippen molar-refractivity contribution in [1.29, 1.82) is 0 Å².